The minimum Gasteiger partial charge on any atom is -0.381 e. The summed E-state index contributed by atoms with van der Waals surface area (Å²) in [6.45, 7) is 4.18. The fourth-order valence-electron chi connectivity index (χ4n) is 1.66. The summed E-state index contributed by atoms with van der Waals surface area (Å²) in [5.41, 5.74) is 0. The van der Waals surface area contributed by atoms with Gasteiger partial charge >= 0.3 is 0 Å². The van der Waals surface area contributed by atoms with E-state index < -0.39 is 0 Å². The molecule has 1 aliphatic heterocycles. The smallest absolute Gasteiger partial charge is 0.0469 e. The number of ether oxygens (including phenoxy) is 1. The number of rotatable bonds is 2. The lowest BCUT2D eigenvalue weighted by atomic mass is 9.93. The Labute approximate surface area is 69.3 Å². The van der Waals surface area contributed by atoms with E-state index in [1.54, 1.807) is 0 Å². The Morgan fingerprint density at radius 3 is 2.91 bits per heavy atom. The van der Waals surface area contributed by atoms with Gasteiger partial charge in [-0.25, -0.2) is 0 Å². The van der Waals surface area contributed by atoms with E-state index in [0.717, 1.165) is 19.1 Å². The van der Waals surface area contributed by atoms with Gasteiger partial charge in [-0.3, -0.25) is 0 Å². The molecule has 0 bridgehead atoms. The third-order valence-corrected chi connectivity index (χ3v) is 2.66. The second kappa shape index (κ2) is 4.73. The molecular weight excluding hydrogens is 138 g/mol. The Hall–Kier alpha value is -0.0800. The minimum absolute atomic E-state index is 0.650. The maximum atomic E-state index is 5.39. The molecule has 0 aromatic carbocycles. The summed E-state index contributed by atoms with van der Waals surface area (Å²) in [5.74, 6) is 0.822. The lowest BCUT2D eigenvalue weighted by Gasteiger charge is -2.20. The molecule has 2 atom stereocenters. The summed E-state index contributed by atoms with van der Waals surface area (Å²) in [6, 6.07) is 0.650. The topological polar surface area (TPSA) is 21.3 Å². The van der Waals surface area contributed by atoms with Gasteiger partial charge in [-0.2, -0.15) is 0 Å². The first-order chi connectivity index (χ1) is 5.34. The summed E-state index contributed by atoms with van der Waals surface area (Å²) >= 11 is 0. The molecule has 2 heteroatoms. The summed E-state index contributed by atoms with van der Waals surface area (Å²) in [5, 5.41) is 3.31. The second-order valence-electron chi connectivity index (χ2n) is 3.38. The number of hydrogen-bond donors (Lipinski definition) is 1. The Bertz CT molecular complexity index is 97.7. The van der Waals surface area contributed by atoms with E-state index in [1.165, 1.54) is 19.3 Å². The van der Waals surface area contributed by atoms with Crippen molar-refractivity contribution >= 4 is 0 Å². The zero-order valence-electron chi connectivity index (χ0n) is 7.60. The predicted molar refractivity (Wildman–Crippen MR) is 46.7 cm³/mol. The van der Waals surface area contributed by atoms with Crippen LogP contribution in [0.2, 0.25) is 0 Å². The van der Waals surface area contributed by atoms with E-state index in [1.807, 2.05) is 7.05 Å². The molecule has 2 unspecified atom stereocenters. The summed E-state index contributed by atoms with van der Waals surface area (Å²) in [7, 11) is 2.04. The van der Waals surface area contributed by atoms with Crippen LogP contribution in [0.25, 0.3) is 0 Å². The number of nitrogens with one attached hydrogen (secondary N) is 1. The molecule has 0 aromatic heterocycles. The zero-order valence-corrected chi connectivity index (χ0v) is 7.60. The van der Waals surface area contributed by atoms with Gasteiger partial charge in [0, 0.05) is 19.3 Å². The fourth-order valence-corrected chi connectivity index (χ4v) is 1.66. The first-order valence-electron chi connectivity index (χ1n) is 4.59. The molecule has 66 valence electrons. The van der Waals surface area contributed by atoms with Crippen LogP contribution in [0.15, 0.2) is 0 Å². The van der Waals surface area contributed by atoms with Crippen molar-refractivity contribution in [2.24, 2.45) is 5.92 Å². The van der Waals surface area contributed by atoms with Crippen molar-refractivity contribution in [1.82, 2.24) is 5.32 Å². The molecule has 0 aliphatic carbocycles. The molecule has 1 fully saturated rings. The van der Waals surface area contributed by atoms with Gasteiger partial charge in [-0.1, -0.05) is 0 Å². The average molecular weight is 157 g/mol. The third kappa shape index (κ3) is 2.80. The van der Waals surface area contributed by atoms with Crippen LogP contribution in [0.3, 0.4) is 0 Å². The van der Waals surface area contributed by atoms with Crippen molar-refractivity contribution in [3.8, 4) is 0 Å². The Balaban J connectivity index is 2.30. The van der Waals surface area contributed by atoms with E-state index in [4.69, 9.17) is 4.74 Å². The van der Waals surface area contributed by atoms with Crippen molar-refractivity contribution in [2.45, 2.75) is 32.2 Å². The molecule has 0 radical (unpaired) electrons. The van der Waals surface area contributed by atoms with Crippen molar-refractivity contribution in [2.75, 3.05) is 20.3 Å². The van der Waals surface area contributed by atoms with Crippen LogP contribution in [0.5, 0.6) is 0 Å². The van der Waals surface area contributed by atoms with Gasteiger partial charge in [0.1, 0.15) is 0 Å². The predicted octanol–water partition coefficient (Wildman–Crippen LogP) is 1.41. The molecular formula is C9H19NO. The largest absolute Gasteiger partial charge is 0.381 e. The highest BCUT2D eigenvalue weighted by molar-refractivity contribution is 4.72. The Morgan fingerprint density at radius 1 is 1.36 bits per heavy atom. The van der Waals surface area contributed by atoms with Gasteiger partial charge < -0.3 is 10.1 Å². The van der Waals surface area contributed by atoms with Crippen LogP contribution in [0.4, 0.5) is 0 Å². The van der Waals surface area contributed by atoms with E-state index in [9.17, 15) is 0 Å². The third-order valence-electron chi connectivity index (χ3n) is 2.66. The Morgan fingerprint density at radius 2 is 2.18 bits per heavy atom. The highest BCUT2D eigenvalue weighted by Crippen LogP contribution is 2.18. The van der Waals surface area contributed by atoms with Crippen LogP contribution >= 0.6 is 0 Å². The molecule has 1 aliphatic rings. The highest BCUT2D eigenvalue weighted by Gasteiger charge is 2.17. The minimum atomic E-state index is 0.650. The van der Waals surface area contributed by atoms with Crippen LogP contribution in [-0.4, -0.2) is 26.3 Å². The van der Waals surface area contributed by atoms with Crippen LogP contribution in [0.1, 0.15) is 26.2 Å². The van der Waals surface area contributed by atoms with E-state index in [0.29, 0.717) is 6.04 Å². The monoisotopic (exact) mass is 157 g/mol. The molecule has 0 spiro atoms. The molecule has 1 heterocycles. The SMILES string of the molecule is CNC(C)C1CCCOCC1. The van der Waals surface area contributed by atoms with E-state index in [-0.39, 0.29) is 0 Å². The molecule has 0 amide bonds. The van der Waals surface area contributed by atoms with Gasteiger partial charge in [0.25, 0.3) is 0 Å². The second-order valence-corrected chi connectivity index (χ2v) is 3.38. The molecule has 2 nitrogen and oxygen atoms in total. The van der Waals surface area contributed by atoms with Gasteiger partial charge in [0.2, 0.25) is 0 Å². The summed E-state index contributed by atoms with van der Waals surface area (Å²) < 4.78 is 5.39. The summed E-state index contributed by atoms with van der Waals surface area (Å²) in [4.78, 5) is 0. The van der Waals surface area contributed by atoms with Crippen molar-refractivity contribution < 1.29 is 4.74 Å². The lowest BCUT2D eigenvalue weighted by molar-refractivity contribution is 0.140. The van der Waals surface area contributed by atoms with Crippen molar-refractivity contribution in [3.05, 3.63) is 0 Å². The van der Waals surface area contributed by atoms with Gasteiger partial charge in [0.05, 0.1) is 0 Å². The van der Waals surface area contributed by atoms with E-state index in [2.05, 4.69) is 12.2 Å². The van der Waals surface area contributed by atoms with Gasteiger partial charge in [-0.15, -0.1) is 0 Å². The quantitative estimate of drug-likeness (QED) is 0.654. The first kappa shape index (κ1) is 9.01. The average Bonchev–Trinajstić information content (AvgIpc) is 2.30. The highest BCUT2D eigenvalue weighted by atomic mass is 16.5. The fraction of sp³-hybridized carbons (Fsp3) is 1.00. The molecule has 11 heavy (non-hydrogen) atoms. The molecule has 1 saturated heterocycles. The molecule has 1 N–H and O–H groups in total. The summed E-state index contributed by atoms with van der Waals surface area (Å²) in [6.07, 6.45) is 3.78. The van der Waals surface area contributed by atoms with Crippen molar-refractivity contribution in [3.63, 3.8) is 0 Å². The van der Waals surface area contributed by atoms with Crippen molar-refractivity contribution in [1.29, 1.82) is 0 Å². The van der Waals surface area contributed by atoms with Crippen LogP contribution in [-0.2, 0) is 4.74 Å². The lowest BCUT2D eigenvalue weighted by Crippen LogP contribution is -2.30. The van der Waals surface area contributed by atoms with Crippen LogP contribution in [0, 0.1) is 5.92 Å². The van der Waals surface area contributed by atoms with Gasteiger partial charge in [-0.05, 0) is 39.2 Å². The normalized spacial score (nSPS) is 29.5. The zero-order chi connectivity index (χ0) is 8.10. The maximum Gasteiger partial charge on any atom is 0.0469 e. The first-order valence-corrected chi connectivity index (χ1v) is 4.59. The van der Waals surface area contributed by atoms with E-state index >= 15 is 0 Å². The molecule has 0 aromatic rings. The maximum absolute atomic E-state index is 5.39. The number of hydrogen-bond acceptors (Lipinski definition) is 2. The Kier molecular flexibility index (Phi) is 3.87. The molecule has 1 rings (SSSR count). The van der Waals surface area contributed by atoms with Crippen LogP contribution < -0.4 is 5.32 Å². The van der Waals surface area contributed by atoms with Gasteiger partial charge in [0.15, 0.2) is 0 Å². The standard InChI is InChI=1S/C9H19NO/c1-8(10-2)9-4-3-6-11-7-5-9/h8-10H,3-7H2,1-2H3. The molecule has 0 saturated carbocycles.